The van der Waals surface area contributed by atoms with Crippen LogP contribution in [0.2, 0.25) is 10.0 Å². The third-order valence-corrected chi connectivity index (χ3v) is 5.06. The summed E-state index contributed by atoms with van der Waals surface area (Å²) in [6.45, 7) is 0.198. The Hall–Kier alpha value is -2.35. The molecule has 0 unspecified atom stereocenters. The molecule has 0 aliphatic heterocycles. The lowest BCUT2D eigenvalue weighted by Crippen LogP contribution is -2.27. The summed E-state index contributed by atoms with van der Waals surface area (Å²) >= 11 is 13.4. The van der Waals surface area contributed by atoms with Crippen molar-refractivity contribution in [1.82, 2.24) is 10.3 Å². The molecule has 9 heteroatoms. The zero-order valence-corrected chi connectivity index (χ0v) is 16.3. The van der Waals surface area contributed by atoms with Crippen LogP contribution in [0.3, 0.4) is 0 Å². The highest BCUT2D eigenvalue weighted by Gasteiger charge is 2.11. The maximum absolute atomic E-state index is 12.0. The fourth-order valence-corrected chi connectivity index (χ4v) is 3.59. The summed E-state index contributed by atoms with van der Waals surface area (Å²) in [6, 6.07) is 8.52. The first-order chi connectivity index (χ1) is 13.0. The predicted molar refractivity (Wildman–Crippen MR) is 106 cm³/mol. The number of nitrogens with zero attached hydrogens (tertiary/aromatic N) is 1. The first kappa shape index (κ1) is 19.4. The van der Waals surface area contributed by atoms with E-state index in [1.165, 1.54) is 17.6 Å². The molecule has 2 amide bonds. The molecule has 0 aliphatic rings. The second kappa shape index (κ2) is 9.03. The van der Waals surface area contributed by atoms with Gasteiger partial charge in [0.15, 0.2) is 10.9 Å². The molecule has 2 N–H and O–H groups in total. The number of carbonyl (C=O) groups excluding carboxylic acids is 2. The van der Waals surface area contributed by atoms with E-state index in [9.17, 15) is 9.59 Å². The van der Waals surface area contributed by atoms with Gasteiger partial charge in [0.2, 0.25) is 5.91 Å². The molecule has 0 atom stereocenters. The van der Waals surface area contributed by atoms with Gasteiger partial charge < -0.3 is 15.1 Å². The minimum Gasteiger partial charge on any atom is -0.459 e. The molecule has 3 aromatic rings. The summed E-state index contributed by atoms with van der Waals surface area (Å²) in [6.07, 6.45) is 3.84. The van der Waals surface area contributed by atoms with Crippen LogP contribution in [0.1, 0.15) is 27.4 Å². The van der Waals surface area contributed by atoms with Crippen molar-refractivity contribution in [2.24, 2.45) is 0 Å². The van der Waals surface area contributed by atoms with Crippen molar-refractivity contribution < 1.29 is 14.0 Å². The minimum absolute atomic E-state index is 0.129. The average Bonchev–Trinajstić information content (AvgIpc) is 3.29. The number of hydrogen-bond acceptors (Lipinski definition) is 5. The van der Waals surface area contributed by atoms with Gasteiger partial charge in [0, 0.05) is 40.5 Å². The number of furan rings is 1. The minimum atomic E-state index is -0.357. The number of halogens is 2. The summed E-state index contributed by atoms with van der Waals surface area (Å²) in [7, 11) is 0. The maximum atomic E-state index is 12.0. The van der Waals surface area contributed by atoms with Crippen LogP contribution in [0.4, 0.5) is 5.13 Å². The molecular formula is C18H15Cl2N3O3S. The number of nitrogens with one attached hydrogen (secondary N) is 2. The SMILES string of the molecule is O=C(CCNC(=O)c1ccco1)Nc1ncc(Cc2ccc(Cl)cc2Cl)s1. The summed E-state index contributed by atoms with van der Waals surface area (Å²) in [5.41, 5.74) is 0.934. The lowest BCUT2D eigenvalue weighted by Gasteiger charge is -2.04. The van der Waals surface area contributed by atoms with E-state index in [1.54, 1.807) is 30.5 Å². The number of rotatable bonds is 7. The van der Waals surface area contributed by atoms with Gasteiger partial charge in [-0.25, -0.2) is 4.98 Å². The van der Waals surface area contributed by atoms with Crippen LogP contribution in [0.15, 0.2) is 47.2 Å². The van der Waals surface area contributed by atoms with Crippen LogP contribution in [0.25, 0.3) is 0 Å². The third kappa shape index (κ3) is 5.56. The first-order valence-electron chi connectivity index (χ1n) is 8.01. The Morgan fingerprint density at radius 1 is 1.22 bits per heavy atom. The van der Waals surface area contributed by atoms with E-state index in [1.807, 2.05) is 6.07 Å². The van der Waals surface area contributed by atoms with Gasteiger partial charge in [-0.3, -0.25) is 9.59 Å². The summed E-state index contributed by atoms with van der Waals surface area (Å²) in [5.74, 6) is -0.384. The second-order valence-electron chi connectivity index (χ2n) is 5.58. The van der Waals surface area contributed by atoms with Crippen LogP contribution in [-0.2, 0) is 11.2 Å². The van der Waals surface area contributed by atoms with Crippen molar-refractivity contribution in [3.8, 4) is 0 Å². The van der Waals surface area contributed by atoms with E-state index < -0.39 is 0 Å². The molecule has 2 heterocycles. The van der Waals surface area contributed by atoms with Gasteiger partial charge >= 0.3 is 0 Å². The lowest BCUT2D eigenvalue weighted by molar-refractivity contribution is -0.116. The lowest BCUT2D eigenvalue weighted by atomic mass is 10.1. The smallest absolute Gasteiger partial charge is 0.286 e. The van der Waals surface area contributed by atoms with Crippen molar-refractivity contribution in [2.45, 2.75) is 12.8 Å². The topological polar surface area (TPSA) is 84.2 Å². The predicted octanol–water partition coefficient (Wildman–Crippen LogP) is 4.39. The number of thiazole rings is 1. The Morgan fingerprint density at radius 2 is 2.07 bits per heavy atom. The molecule has 0 saturated carbocycles. The number of benzene rings is 1. The van der Waals surface area contributed by atoms with Gasteiger partial charge in [-0.15, -0.1) is 11.3 Å². The van der Waals surface area contributed by atoms with Crippen molar-refractivity contribution in [1.29, 1.82) is 0 Å². The Bertz CT molecular complexity index is 941. The number of aromatic nitrogens is 1. The zero-order valence-electron chi connectivity index (χ0n) is 14.0. The Morgan fingerprint density at radius 3 is 2.81 bits per heavy atom. The third-order valence-electron chi connectivity index (χ3n) is 3.56. The van der Waals surface area contributed by atoms with Crippen molar-refractivity contribution >= 4 is 51.5 Å². The highest BCUT2D eigenvalue weighted by molar-refractivity contribution is 7.15. The van der Waals surface area contributed by atoms with Gasteiger partial charge in [-0.1, -0.05) is 29.3 Å². The quantitative estimate of drug-likeness (QED) is 0.589. The monoisotopic (exact) mass is 423 g/mol. The molecule has 6 nitrogen and oxygen atoms in total. The molecule has 0 radical (unpaired) electrons. The van der Waals surface area contributed by atoms with E-state index in [-0.39, 0.29) is 30.5 Å². The standard InChI is InChI=1S/C18H15Cl2N3O3S/c19-12-4-3-11(14(20)9-12)8-13-10-22-18(27-13)23-16(24)5-6-21-17(25)15-2-1-7-26-15/h1-4,7,9-10H,5-6,8H2,(H,21,25)(H,22,23,24). The highest BCUT2D eigenvalue weighted by atomic mass is 35.5. The van der Waals surface area contributed by atoms with E-state index in [2.05, 4.69) is 15.6 Å². The molecule has 140 valence electrons. The highest BCUT2D eigenvalue weighted by Crippen LogP contribution is 2.26. The van der Waals surface area contributed by atoms with Crippen LogP contribution >= 0.6 is 34.5 Å². The molecule has 27 heavy (non-hydrogen) atoms. The van der Waals surface area contributed by atoms with Gasteiger partial charge in [0.1, 0.15) is 0 Å². The number of anilines is 1. The van der Waals surface area contributed by atoms with Crippen LogP contribution in [0, 0.1) is 0 Å². The van der Waals surface area contributed by atoms with Gasteiger partial charge in [-0.05, 0) is 29.8 Å². The molecule has 0 saturated heterocycles. The van der Waals surface area contributed by atoms with Crippen LogP contribution in [-0.4, -0.2) is 23.3 Å². The molecule has 0 aliphatic carbocycles. The molecule has 3 rings (SSSR count). The molecule has 0 bridgehead atoms. The van der Waals surface area contributed by atoms with Crippen molar-refractivity contribution in [3.05, 3.63) is 69.0 Å². The van der Waals surface area contributed by atoms with Gasteiger partial charge in [-0.2, -0.15) is 0 Å². The van der Waals surface area contributed by atoms with Crippen LogP contribution in [0.5, 0.6) is 0 Å². The number of hydrogen-bond donors (Lipinski definition) is 2. The van der Waals surface area contributed by atoms with Gasteiger partial charge in [0.05, 0.1) is 6.26 Å². The summed E-state index contributed by atoms with van der Waals surface area (Å²) < 4.78 is 4.98. The van der Waals surface area contributed by atoms with Crippen molar-refractivity contribution in [2.75, 3.05) is 11.9 Å². The Balaban J connectivity index is 1.47. The Labute approximate surface area is 169 Å². The number of amides is 2. The zero-order chi connectivity index (χ0) is 19.2. The fraction of sp³-hybridized carbons (Fsp3) is 0.167. The van der Waals surface area contributed by atoms with Crippen LogP contribution < -0.4 is 10.6 Å². The van der Waals surface area contributed by atoms with E-state index in [4.69, 9.17) is 27.6 Å². The van der Waals surface area contributed by atoms with Crippen molar-refractivity contribution in [3.63, 3.8) is 0 Å². The molecular weight excluding hydrogens is 409 g/mol. The normalized spacial score (nSPS) is 10.6. The molecule has 2 aromatic heterocycles. The van der Waals surface area contributed by atoms with Gasteiger partial charge in [0.25, 0.3) is 5.91 Å². The van der Waals surface area contributed by atoms with E-state index in [0.717, 1.165) is 10.4 Å². The Kier molecular flexibility index (Phi) is 6.49. The molecule has 0 fully saturated rings. The maximum Gasteiger partial charge on any atom is 0.286 e. The number of carbonyl (C=O) groups is 2. The largest absolute Gasteiger partial charge is 0.459 e. The second-order valence-corrected chi connectivity index (χ2v) is 7.53. The fourth-order valence-electron chi connectivity index (χ4n) is 2.27. The first-order valence-corrected chi connectivity index (χ1v) is 9.58. The summed E-state index contributed by atoms with van der Waals surface area (Å²) in [4.78, 5) is 28.8. The summed E-state index contributed by atoms with van der Waals surface area (Å²) in [5, 5.41) is 7.01. The molecule has 0 spiro atoms. The average molecular weight is 424 g/mol. The van der Waals surface area contributed by atoms with E-state index >= 15 is 0 Å². The molecule has 1 aromatic carbocycles. The van der Waals surface area contributed by atoms with E-state index in [0.29, 0.717) is 21.6 Å².